The number of amides is 1. The van der Waals surface area contributed by atoms with Crippen LogP contribution in [0.15, 0.2) is 88.8 Å². The van der Waals surface area contributed by atoms with Crippen molar-refractivity contribution in [3.05, 3.63) is 107 Å². The molecule has 5 rings (SSSR count). The second-order valence-corrected chi connectivity index (χ2v) is 8.19. The number of ether oxygens (including phenoxy) is 1. The number of ketones is 1. The molecule has 1 atom stereocenters. The van der Waals surface area contributed by atoms with Gasteiger partial charge in [-0.3, -0.25) is 14.6 Å². The van der Waals surface area contributed by atoms with E-state index >= 15 is 0 Å². The van der Waals surface area contributed by atoms with Gasteiger partial charge in [-0.15, -0.1) is 0 Å². The molecule has 3 heterocycles. The SMILES string of the molecule is COc1cccc2cc(C(=O)C3=C(O)C(=O)N(Cc4cccnc4)[C@@H]3c3ccc(C)cc3)oc12. The number of para-hydroxylation sites is 1. The van der Waals surface area contributed by atoms with E-state index in [4.69, 9.17) is 9.15 Å². The van der Waals surface area contributed by atoms with Crippen LogP contribution in [-0.4, -0.2) is 33.8 Å². The molecule has 1 aliphatic heterocycles. The molecular weight excluding hydrogens is 432 g/mol. The predicted molar refractivity (Wildman–Crippen MR) is 125 cm³/mol. The van der Waals surface area contributed by atoms with Gasteiger partial charge in [0.25, 0.3) is 5.91 Å². The van der Waals surface area contributed by atoms with Gasteiger partial charge in [0.2, 0.25) is 5.78 Å². The lowest BCUT2D eigenvalue weighted by atomic mass is 9.94. The minimum absolute atomic E-state index is 0.0178. The van der Waals surface area contributed by atoms with Crippen molar-refractivity contribution in [2.24, 2.45) is 0 Å². The maximum Gasteiger partial charge on any atom is 0.290 e. The molecule has 1 N–H and O–H groups in total. The fourth-order valence-corrected chi connectivity index (χ4v) is 4.27. The Morgan fingerprint density at radius 2 is 1.94 bits per heavy atom. The zero-order chi connectivity index (χ0) is 23.8. The molecule has 0 spiro atoms. The summed E-state index contributed by atoms with van der Waals surface area (Å²) in [4.78, 5) is 32.4. The van der Waals surface area contributed by atoms with Gasteiger partial charge >= 0.3 is 0 Å². The Bertz CT molecular complexity index is 1420. The van der Waals surface area contributed by atoms with Gasteiger partial charge in [-0.05, 0) is 36.2 Å². The number of methoxy groups -OCH3 is 1. The molecule has 1 amide bonds. The lowest BCUT2D eigenvalue weighted by Gasteiger charge is -2.26. The highest BCUT2D eigenvalue weighted by Gasteiger charge is 2.44. The number of aryl methyl sites for hydroxylation is 1. The molecule has 7 nitrogen and oxygen atoms in total. The zero-order valence-corrected chi connectivity index (χ0v) is 18.7. The van der Waals surface area contributed by atoms with E-state index in [1.807, 2.05) is 37.3 Å². The van der Waals surface area contributed by atoms with Gasteiger partial charge in [0.15, 0.2) is 22.9 Å². The number of rotatable bonds is 6. The van der Waals surface area contributed by atoms with Crippen molar-refractivity contribution in [1.82, 2.24) is 9.88 Å². The van der Waals surface area contributed by atoms with Crippen molar-refractivity contribution in [2.45, 2.75) is 19.5 Å². The van der Waals surface area contributed by atoms with E-state index in [0.29, 0.717) is 22.3 Å². The number of carbonyl (C=O) groups excluding carboxylic acids is 2. The number of benzene rings is 2. The first-order valence-electron chi connectivity index (χ1n) is 10.8. The average molecular weight is 454 g/mol. The molecule has 4 aromatic rings. The average Bonchev–Trinajstić information content (AvgIpc) is 3.40. The molecule has 2 aromatic heterocycles. The van der Waals surface area contributed by atoms with Gasteiger partial charge in [0.1, 0.15) is 0 Å². The maximum absolute atomic E-state index is 13.7. The van der Waals surface area contributed by atoms with Crippen LogP contribution in [0.25, 0.3) is 11.0 Å². The predicted octanol–water partition coefficient (Wildman–Crippen LogP) is 4.92. The highest BCUT2D eigenvalue weighted by molar-refractivity contribution is 6.16. The van der Waals surface area contributed by atoms with E-state index in [2.05, 4.69) is 4.98 Å². The number of nitrogens with zero attached hydrogens (tertiary/aromatic N) is 2. The van der Waals surface area contributed by atoms with Crippen LogP contribution in [0.3, 0.4) is 0 Å². The normalized spacial score (nSPS) is 15.9. The molecule has 0 unspecified atom stereocenters. The van der Waals surface area contributed by atoms with E-state index in [1.54, 1.807) is 42.7 Å². The minimum atomic E-state index is -0.782. The summed E-state index contributed by atoms with van der Waals surface area (Å²) in [6.45, 7) is 2.14. The van der Waals surface area contributed by atoms with Crippen molar-refractivity contribution in [2.75, 3.05) is 7.11 Å². The lowest BCUT2D eigenvalue weighted by Crippen LogP contribution is -2.30. The van der Waals surface area contributed by atoms with Gasteiger partial charge < -0.3 is 19.2 Å². The van der Waals surface area contributed by atoms with Gasteiger partial charge in [-0.2, -0.15) is 0 Å². The highest BCUT2D eigenvalue weighted by atomic mass is 16.5. The molecule has 7 heteroatoms. The minimum Gasteiger partial charge on any atom is -0.503 e. The summed E-state index contributed by atoms with van der Waals surface area (Å²) in [5.74, 6) is -1.23. The van der Waals surface area contributed by atoms with Crippen LogP contribution in [0.4, 0.5) is 0 Å². The number of furan rings is 1. The molecule has 0 radical (unpaired) electrons. The molecule has 0 saturated carbocycles. The van der Waals surface area contributed by atoms with Gasteiger partial charge in [0, 0.05) is 24.3 Å². The summed E-state index contributed by atoms with van der Waals surface area (Å²) in [7, 11) is 1.52. The number of aliphatic hydroxyl groups excluding tert-OH is 1. The summed E-state index contributed by atoms with van der Waals surface area (Å²) in [5.41, 5.74) is 2.94. The fourth-order valence-electron chi connectivity index (χ4n) is 4.27. The molecule has 0 aliphatic carbocycles. The highest BCUT2D eigenvalue weighted by Crippen LogP contribution is 2.41. The first kappa shape index (κ1) is 21.5. The van der Waals surface area contributed by atoms with Crippen LogP contribution in [0.5, 0.6) is 5.75 Å². The largest absolute Gasteiger partial charge is 0.503 e. The third-order valence-electron chi connectivity index (χ3n) is 5.97. The summed E-state index contributed by atoms with van der Waals surface area (Å²) in [6.07, 6.45) is 3.30. The number of pyridine rings is 1. The van der Waals surface area contributed by atoms with Gasteiger partial charge in [0.05, 0.1) is 18.7 Å². The monoisotopic (exact) mass is 454 g/mol. The topological polar surface area (TPSA) is 92.9 Å². The first-order valence-corrected chi connectivity index (χ1v) is 10.8. The number of aromatic nitrogens is 1. The smallest absolute Gasteiger partial charge is 0.290 e. The van der Waals surface area contributed by atoms with E-state index in [9.17, 15) is 14.7 Å². The number of Topliss-reactive ketones (excluding diaryl/α,β-unsaturated/α-hetero) is 1. The third kappa shape index (κ3) is 3.61. The Labute approximate surface area is 195 Å². The Hall–Kier alpha value is -4.39. The summed E-state index contributed by atoms with van der Waals surface area (Å²) in [5, 5.41) is 11.6. The molecular formula is C27H22N2O5. The molecule has 2 aromatic carbocycles. The zero-order valence-electron chi connectivity index (χ0n) is 18.7. The number of aliphatic hydroxyl groups is 1. The van der Waals surface area contributed by atoms with E-state index in [0.717, 1.165) is 11.1 Å². The molecule has 0 fully saturated rings. The first-order chi connectivity index (χ1) is 16.5. The standard InChI is InChI=1S/C27H22N2O5/c1-16-8-10-18(11-9-16)23-22(25(31)27(32)29(23)15-17-5-4-12-28-14-17)24(30)21-13-19-6-3-7-20(33-2)26(19)34-21/h3-14,23,31H,15H2,1-2H3/t23-/m1/s1. The molecule has 0 bridgehead atoms. The van der Waals surface area contributed by atoms with Crippen LogP contribution in [0.2, 0.25) is 0 Å². The maximum atomic E-state index is 13.7. The van der Waals surface area contributed by atoms with Crippen LogP contribution < -0.4 is 4.74 Å². The third-order valence-corrected chi connectivity index (χ3v) is 5.97. The van der Waals surface area contributed by atoms with Crippen LogP contribution in [-0.2, 0) is 11.3 Å². The second kappa shape index (κ2) is 8.51. The Kier molecular flexibility index (Phi) is 5.37. The van der Waals surface area contributed by atoms with Crippen LogP contribution in [0, 0.1) is 6.92 Å². The van der Waals surface area contributed by atoms with E-state index < -0.39 is 23.5 Å². The van der Waals surface area contributed by atoms with Crippen molar-refractivity contribution in [3.63, 3.8) is 0 Å². The fraction of sp³-hybridized carbons (Fsp3) is 0.148. The van der Waals surface area contributed by atoms with Crippen molar-refractivity contribution in [3.8, 4) is 5.75 Å². The second-order valence-electron chi connectivity index (χ2n) is 8.19. The number of hydrogen-bond acceptors (Lipinski definition) is 6. The number of carbonyl (C=O) groups is 2. The quantitative estimate of drug-likeness (QED) is 0.416. The molecule has 0 saturated heterocycles. The Morgan fingerprint density at radius 3 is 2.65 bits per heavy atom. The Balaban J connectivity index is 1.60. The van der Waals surface area contributed by atoms with Crippen molar-refractivity contribution < 1.29 is 23.8 Å². The van der Waals surface area contributed by atoms with Crippen LogP contribution >= 0.6 is 0 Å². The molecule has 34 heavy (non-hydrogen) atoms. The van der Waals surface area contributed by atoms with E-state index in [1.165, 1.54) is 12.0 Å². The molecule has 170 valence electrons. The van der Waals surface area contributed by atoms with Crippen molar-refractivity contribution >= 4 is 22.7 Å². The molecule has 1 aliphatic rings. The van der Waals surface area contributed by atoms with E-state index in [-0.39, 0.29) is 17.9 Å². The number of fused-ring (bicyclic) bond motifs is 1. The lowest BCUT2D eigenvalue weighted by molar-refractivity contribution is -0.130. The van der Waals surface area contributed by atoms with Gasteiger partial charge in [-0.1, -0.05) is 48.0 Å². The van der Waals surface area contributed by atoms with Gasteiger partial charge in [-0.25, -0.2) is 0 Å². The number of hydrogen-bond donors (Lipinski definition) is 1. The summed E-state index contributed by atoms with van der Waals surface area (Å²) in [6, 6.07) is 17.3. The summed E-state index contributed by atoms with van der Waals surface area (Å²) < 4.78 is 11.2. The van der Waals surface area contributed by atoms with Crippen molar-refractivity contribution in [1.29, 1.82) is 0 Å². The van der Waals surface area contributed by atoms with Crippen LogP contribution in [0.1, 0.15) is 33.3 Å². The summed E-state index contributed by atoms with van der Waals surface area (Å²) >= 11 is 0. The Morgan fingerprint density at radius 1 is 1.15 bits per heavy atom.